The minimum atomic E-state index is -3.73. The van der Waals surface area contributed by atoms with Crippen LogP contribution in [0.15, 0.2) is 60.0 Å². The molecule has 0 saturated carbocycles. The monoisotopic (exact) mass is 355 g/mol. The molecule has 0 radical (unpaired) electrons. The van der Waals surface area contributed by atoms with E-state index in [1.165, 1.54) is 22.5 Å². The van der Waals surface area contributed by atoms with Gasteiger partial charge >= 0.3 is 0 Å². The number of nitrogens with zero attached hydrogens (tertiary/aromatic N) is 1. The average molecular weight is 356 g/mol. The summed E-state index contributed by atoms with van der Waals surface area (Å²) in [5, 5.41) is 0.953. The van der Waals surface area contributed by atoms with Crippen molar-refractivity contribution >= 4 is 38.9 Å². The van der Waals surface area contributed by atoms with E-state index < -0.39 is 10.0 Å². The van der Waals surface area contributed by atoms with E-state index in [0.717, 1.165) is 5.56 Å². The van der Waals surface area contributed by atoms with E-state index in [-0.39, 0.29) is 11.4 Å². The van der Waals surface area contributed by atoms with E-state index in [1.807, 2.05) is 6.92 Å². The third-order valence-electron chi connectivity index (χ3n) is 3.14. The molecule has 0 aliphatic carbocycles. The molecule has 116 valence electrons. The zero-order valence-electron chi connectivity index (χ0n) is 12.0. The van der Waals surface area contributed by atoms with Gasteiger partial charge in [-0.15, -0.1) is 6.58 Å². The maximum Gasteiger partial charge on any atom is 0.264 e. The zero-order valence-corrected chi connectivity index (χ0v) is 14.3. The highest BCUT2D eigenvalue weighted by Crippen LogP contribution is 2.29. The maximum absolute atomic E-state index is 12.9. The quantitative estimate of drug-likeness (QED) is 0.730. The van der Waals surface area contributed by atoms with Crippen LogP contribution in [0.4, 0.5) is 5.69 Å². The fraction of sp³-hybridized carbons (Fsp3) is 0.125. The highest BCUT2D eigenvalue weighted by molar-refractivity contribution is 7.92. The van der Waals surface area contributed by atoms with Crippen LogP contribution < -0.4 is 4.31 Å². The van der Waals surface area contributed by atoms with Crippen molar-refractivity contribution in [3.8, 4) is 0 Å². The van der Waals surface area contributed by atoms with Gasteiger partial charge in [0.25, 0.3) is 10.0 Å². The van der Waals surface area contributed by atoms with Gasteiger partial charge in [-0.3, -0.25) is 4.31 Å². The lowest BCUT2D eigenvalue weighted by atomic mass is 10.2. The first kappa shape index (κ1) is 16.9. The van der Waals surface area contributed by atoms with Crippen LogP contribution in [-0.2, 0) is 10.0 Å². The molecule has 3 nitrogen and oxygen atoms in total. The van der Waals surface area contributed by atoms with Crippen molar-refractivity contribution < 1.29 is 8.42 Å². The van der Waals surface area contributed by atoms with Crippen molar-refractivity contribution in [3.05, 3.63) is 70.7 Å². The number of benzene rings is 2. The van der Waals surface area contributed by atoms with Gasteiger partial charge in [0.05, 0.1) is 17.1 Å². The third-order valence-corrected chi connectivity index (χ3v) is 5.42. The Morgan fingerprint density at radius 3 is 2.27 bits per heavy atom. The normalized spacial score (nSPS) is 11.2. The lowest BCUT2D eigenvalue weighted by molar-refractivity contribution is 0.592. The summed E-state index contributed by atoms with van der Waals surface area (Å²) < 4.78 is 27.1. The van der Waals surface area contributed by atoms with Crippen LogP contribution in [0, 0.1) is 6.92 Å². The Hall–Kier alpha value is -1.49. The number of sulfonamides is 1. The number of anilines is 1. The minimum Gasteiger partial charge on any atom is -0.262 e. The second-order valence-electron chi connectivity index (χ2n) is 4.71. The van der Waals surface area contributed by atoms with Crippen molar-refractivity contribution in [1.82, 2.24) is 0 Å². The van der Waals surface area contributed by atoms with Gasteiger partial charge in [-0.2, -0.15) is 0 Å². The molecular formula is C16H15Cl2NO2S. The van der Waals surface area contributed by atoms with Gasteiger partial charge in [-0.1, -0.05) is 35.3 Å². The van der Waals surface area contributed by atoms with Gasteiger partial charge in [-0.05, 0) is 48.9 Å². The topological polar surface area (TPSA) is 37.4 Å². The summed E-state index contributed by atoms with van der Waals surface area (Å²) in [6.07, 6.45) is 1.54. The number of hydrogen-bond acceptors (Lipinski definition) is 2. The molecule has 22 heavy (non-hydrogen) atoms. The van der Waals surface area contributed by atoms with Gasteiger partial charge in [0.15, 0.2) is 0 Å². The molecule has 0 heterocycles. The molecule has 2 aromatic carbocycles. The highest BCUT2D eigenvalue weighted by atomic mass is 35.5. The van der Waals surface area contributed by atoms with Crippen molar-refractivity contribution in [2.24, 2.45) is 0 Å². The molecule has 2 rings (SSSR count). The van der Waals surface area contributed by atoms with Crippen LogP contribution in [0.5, 0.6) is 0 Å². The molecule has 0 fully saturated rings. The Morgan fingerprint density at radius 2 is 1.68 bits per heavy atom. The van der Waals surface area contributed by atoms with Crippen molar-refractivity contribution in [2.75, 3.05) is 10.8 Å². The number of rotatable bonds is 5. The Labute approximate surface area is 140 Å². The summed E-state index contributed by atoms with van der Waals surface area (Å²) in [6.45, 7) is 5.62. The molecule has 6 heteroatoms. The summed E-state index contributed by atoms with van der Waals surface area (Å²) in [5.74, 6) is 0. The molecule has 0 atom stereocenters. The summed E-state index contributed by atoms with van der Waals surface area (Å²) >= 11 is 11.8. The summed E-state index contributed by atoms with van der Waals surface area (Å²) in [7, 11) is -3.73. The van der Waals surface area contributed by atoms with Crippen molar-refractivity contribution in [3.63, 3.8) is 0 Å². The predicted molar refractivity (Wildman–Crippen MR) is 92.4 cm³/mol. The van der Waals surface area contributed by atoms with Crippen LogP contribution in [0.1, 0.15) is 5.56 Å². The molecule has 0 aliphatic heterocycles. The van der Waals surface area contributed by atoms with Gasteiger partial charge in [0.1, 0.15) is 0 Å². The second-order valence-corrected chi connectivity index (χ2v) is 7.44. The Bertz CT molecular complexity index is 786. The highest BCUT2D eigenvalue weighted by Gasteiger charge is 2.25. The van der Waals surface area contributed by atoms with E-state index in [1.54, 1.807) is 30.3 Å². The van der Waals surface area contributed by atoms with Crippen LogP contribution in [0.3, 0.4) is 0 Å². The lowest BCUT2D eigenvalue weighted by Crippen LogP contribution is -2.31. The lowest BCUT2D eigenvalue weighted by Gasteiger charge is -2.25. The molecular weight excluding hydrogens is 341 g/mol. The molecule has 0 spiro atoms. The zero-order chi connectivity index (χ0) is 16.3. The summed E-state index contributed by atoms with van der Waals surface area (Å²) in [4.78, 5) is 0.165. The Morgan fingerprint density at radius 1 is 1.09 bits per heavy atom. The summed E-state index contributed by atoms with van der Waals surface area (Å²) in [6, 6.07) is 11.2. The SMILES string of the molecule is C=CCN(c1cc(Cl)ccc1C)S(=O)(=O)c1ccc(Cl)cc1. The first-order valence-electron chi connectivity index (χ1n) is 6.51. The minimum absolute atomic E-state index is 0.145. The van der Waals surface area contributed by atoms with Gasteiger partial charge in [0.2, 0.25) is 0 Å². The van der Waals surface area contributed by atoms with E-state index in [2.05, 4.69) is 6.58 Å². The van der Waals surface area contributed by atoms with E-state index >= 15 is 0 Å². The van der Waals surface area contributed by atoms with E-state index in [9.17, 15) is 8.42 Å². The van der Waals surface area contributed by atoms with Crippen molar-refractivity contribution in [1.29, 1.82) is 0 Å². The fourth-order valence-corrected chi connectivity index (χ4v) is 3.81. The average Bonchev–Trinajstić information content (AvgIpc) is 2.48. The van der Waals surface area contributed by atoms with E-state index in [0.29, 0.717) is 15.7 Å². The van der Waals surface area contributed by atoms with Gasteiger partial charge in [0, 0.05) is 10.0 Å². The fourth-order valence-electron chi connectivity index (χ4n) is 2.03. The number of hydrogen-bond donors (Lipinski definition) is 0. The smallest absolute Gasteiger partial charge is 0.262 e. The molecule has 0 unspecified atom stereocenters. The summed E-state index contributed by atoms with van der Waals surface area (Å²) in [5.41, 5.74) is 1.34. The number of halogens is 2. The van der Waals surface area contributed by atoms with E-state index in [4.69, 9.17) is 23.2 Å². The maximum atomic E-state index is 12.9. The predicted octanol–water partition coefficient (Wildman–Crippen LogP) is 4.68. The van der Waals surface area contributed by atoms with Gasteiger partial charge in [-0.25, -0.2) is 8.42 Å². The molecule has 0 aromatic heterocycles. The molecule has 2 aromatic rings. The second kappa shape index (κ2) is 6.73. The van der Waals surface area contributed by atoms with Crippen LogP contribution in [0.2, 0.25) is 10.0 Å². The van der Waals surface area contributed by atoms with Crippen LogP contribution >= 0.6 is 23.2 Å². The molecule has 0 bridgehead atoms. The van der Waals surface area contributed by atoms with Crippen LogP contribution in [0.25, 0.3) is 0 Å². The van der Waals surface area contributed by atoms with Gasteiger partial charge < -0.3 is 0 Å². The molecule has 0 saturated heterocycles. The number of aryl methyl sites for hydroxylation is 1. The molecule has 0 N–H and O–H groups in total. The first-order valence-corrected chi connectivity index (χ1v) is 8.71. The molecule has 0 amide bonds. The largest absolute Gasteiger partial charge is 0.264 e. The Balaban J connectivity index is 2.57. The third kappa shape index (κ3) is 3.46. The first-order chi connectivity index (χ1) is 10.4. The molecule has 0 aliphatic rings. The standard InChI is InChI=1S/C16H15Cl2NO2S/c1-3-10-19(16-11-14(18)5-4-12(16)2)22(20,21)15-8-6-13(17)7-9-15/h3-9,11H,1,10H2,2H3. The van der Waals surface area contributed by atoms with Crippen LogP contribution in [-0.4, -0.2) is 15.0 Å². The Kier molecular flexibility index (Phi) is 5.16. The van der Waals surface area contributed by atoms with Crippen molar-refractivity contribution in [2.45, 2.75) is 11.8 Å².